The summed E-state index contributed by atoms with van der Waals surface area (Å²) in [6.07, 6.45) is 2.31. The number of nitrogens with one attached hydrogen (secondary N) is 2. The van der Waals surface area contributed by atoms with Crippen LogP contribution in [0.2, 0.25) is 0 Å². The third-order valence-electron chi connectivity index (χ3n) is 3.76. The topological polar surface area (TPSA) is 122 Å². The van der Waals surface area contributed by atoms with Gasteiger partial charge in [-0.1, -0.05) is 20.3 Å². The fraction of sp³-hybridized carbons (Fsp3) is 0.769. The van der Waals surface area contributed by atoms with E-state index in [1.807, 2.05) is 0 Å². The van der Waals surface area contributed by atoms with Gasteiger partial charge in [-0.15, -0.1) is 0 Å². The van der Waals surface area contributed by atoms with Crippen LogP contribution in [0.3, 0.4) is 0 Å². The van der Waals surface area contributed by atoms with Gasteiger partial charge in [-0.3, -0.25) is 9.59 Å². The molecule has 0 saturated heterocycles. The molecule has 1 aliphatic rings. The second-order valence-electron chi connectivity index (χ2n) is 5.61. The zero-order valence-electron chi connectivity index (χ0n) is 11.9. The van der Waals surface area contributed by atoms with E-state index >= 15 is 0 Å². The van der Waals surface area contributed by atoms with Crippen molar-refractivity contribution >= 4 is 17.9 Å². The third-order valence-corrected chi connectivity index (χ3v) is 3.76. The molecule has 0 spiro atoms. The smallest absolute Gasteiger partial charge is 0.315 e. The molecule has 1 aliphatic carbocycles. The molecule has 0 bridgehead atoms. The summed E-state index contributed by atoms with van der Waals surface area (Å²) in [6, 6.07) is -1.22. The lowest BCUT2D eigenvalue weighted by molar-refractivity contribution is -0.142. The number of urea groups is 1. The molecular formula is C13H23N3O4. The Morgan fingerprint density at radius 1 is 1.30 bits per heavy atom. The van der Waals surface area contributed by atoms with Crippen molar-refractivity contribution in [2.75, 3.05) is 6.54 Å². The lowest BCUT2D eigenvalue weighted by atomic mass is 9.96. The fourth-order valence-corrected chi connectivity index (χ4v) is 2.59. The number of carboxylic acids is 1. The van der Waals surface area contributed by atoms with E-state index in [2.05, 4.69) is 10.6 Å². The molecule has 1 saturated carbocycles. The Balaban J connectivity index is 2.43. The van der Waals surface area contributed by atoms with E-state index in [1.54, 1.807) is 13.8 Å². The Morgan fingerprint density at radius 3 is 2.45 bits per heavy atom. The Kier molecular flexibility index (Phi) is 5.79. The van der Waals surface area contributed by atoms with Crippen LogP contribution in [-0.2, 0) is 9.59 Å². The van der Waals surface area contributed by atoms with Gasteiger partial charge in [0.1, 0.15) is 6.04 Å². The predicted octanol–water partition coefficient (Wildman–Crippen LogP) is 0.296. The van der Waals surface area contributed by atoms with Crippen LogP contribution in [0.25, 0.3) is 0 Å². The predicted molar refractivity (Wildman–Crippen MR) is 72.8 cm³/mol. The summed E-state index contributed by atoms with van der Waals surface area (Å²) in [5, 5.41) is 14.2. The average Bonchev–Trinajstić information content (AvgIpc) is 2.81. The number of hydrogen-bond acceptors (Lipinski definition) is 3. The molecule has 3 unspecified atom stereocenters. The third kappa shape index (κ3) is 4.40. The van der Waals surface area contributed by atoms with Crippen molar-refractivity contribution in [3.05, 3.63) is 0 Å². The number of carbonyl (C=O) groups is 3. The molecule has 5 N–H and O–H groups in total. The zero-order valence-corrected chi connectivity index (χ0v) is 11.9. The van der Waals surface area contributed by atoms with Gasteiger partial charge in [0, 0.05) is 6.54 Å². The number of carbonyl (C=O) groups excluding carboxylic acids is 2. The summed E-state index contributed by atoms with van der Waals surface area (Å²) < 4.78 is 0. The lowest BCUT2D eigenvalue weighted by Gasteiger charge is -2.21. The van der Waals surface area contributed by atoms with Crippen LogP contribution < -0.4 is 16.4 Å². The van der Waals surface area contributed by atoms with Crippen LogP contribution in [0.1, 0.15) is 33.1 Å². The molecule has 1 fully saturated rings. The standard InChI is InChI=1S/C13H23N3O4/c1-7(2)10(11(14)17)16-13(20)15-6-8-4-3-5-9(8)12(18)19/h7-10H,3-6H2,1-2H3,(H2,14,17)(H,18,19)(H2,15,16,20). The normalized spacial score (nSPS) is 23.4. The second-order valence-corrected chi connectivity index (χ2v) is 5.61. The monoisotopic (exact) mass is 285 g/mol. The Labute approximate surface area is 118 Å². The Bertz CT molecular complexity index is 384. The molecule has 0 aromatic heterocycles. The van der Waals surface area contributed by atoms with Gasteiger partial charge in [0.05, 0.1) is 5.92 Å². The van der Waals surface area contributed by atoms with Crippen molar-refractivity contribution in [2.24, 2.45) is 23.5 Å². The number of carboxylic acid groups (broad SMARTS) is 1. The first-order valence-electron chi connectivity index (χ1n) is 6.89. The van der Waals surface area contributed by atoms with Crippen molar-refractivity contribution in [1.82, 2.24) is 10.6 Å². The van der Waals surface area contributed by atoms with Crippen molar-refractivity contribution in [3.63, 3.8) is 0 Å². The molecule has 114 valence electrons. The summed E-state index contributed by atoms with van der Waals surface area (Å²) >= 11 is 0. The maximum Gasteiger partial charge on any atom is 0.315 e. The van der Waals surface area contributed by atoms with E-state index in [0.717, 1.165) is 12.8 Å². The molecule has 0 aliphatic heterocycles. The van der Waals surface area contributed by atoms with Crippen molar-refractivity contribution in [2.45, 2.75) is 39.2 Å². The maximum absolute atomic E-state index is 11.7. The molecule has 3 amide bonds. The number of rotatable bonds is 6. The molecule has 0 aromatic carbocycles. The molecule has 0 heterocycles. The Morgan fingerprint density at radius 2 is 1.95 bits per heavy atom. The molecule has 7 nitrogen and oxygen atoms in total. The summed E-state index contributed by atoms with van der Waals surface area (Å²) in [5.74, 6) is -1.94. The van der Waals surface area contributed by atoms with Crippen LogP contribution in [0.5, 0.6) is 0 Å². The van der Waals surface area contributed by atoms with Crippen LogP contribution in [0.4, 0.5) is 4.79 Å². The first-order valence-corrected chi connectivity index (χ1v) is 6.89. The average molecular weight is 285 g/mol. The minimum absolute atomic E-state index is 0.0515. The number of primary amides is 1. The van der Waals surface area contributed by atoms with Gasteiger partial charge in [-0.05, 0) is 24.7 Å². The van der Waals surface area contributed by atoms with Gasteiger partial charge in [0.25, 0.3) is 0 Å². The van der Waals surface area contributed by atoms with Crippen molar-refractivity contribution < 1.29 is 19.5 Å². The summed E-state index contributed by atoms with van der Waals surface area (Å²) in [7, 11) is 0. The molecule has 3 atom stereocenters. The first kappa shape index (κ1) is 16.3. The van der Waals surface area contributed by atoms with Crippen LogP contribution in [0.15, 0.2) is 0 Å². The van der Waals surface area contributed by atoms with Gasteiger partial charge < -0.3 is 21.5 Å². The maximum atomic E-state index is 11.7. The van der Waals surface area contributed by atoms with E-state index in [-0.39, 0.29) is 11.8 Å². The SMILES string of the molecule is CC(C)C(NC(=O)NCC1CCCC1C(=O)O)C(N)=O. The number of nitrogens with two attached hydrogens (primary N) is 1. The highest BCUT2D eigenvalue weighted by Crippen LogP contribution is 2.31. The minimum atomic E-state index is -0.813. The molecule has 0 radical (unpaired) electrons. The lowest BCUT2D eigenvalue weighted by Crippen LogP contribution is -2.51. The molecule has 7 heteroatoms. The number of hydrogen-bond donors (Lipinski definition) is 4. The van der Waals surface area contributed by atoms with Gasteiger partial charge in [0.15, 0.2) is 0 Å². The van der Waals surface area contributed by atoms with Gasteiger partial charge in [-0.25, -0.2) is 4.79 Å². The van der Waals surface area contributed by atoms with Crippen molar-refractivity contribution in [1.29, 1.82) is 0 Å². The summed E-state index contributed by atoms with van der Waals surface area (Å²) in [4.78, 5) is 33.9. The quantitative estimate of drug-likeness (QED) is 0.560. The van der Waals surface area contributed by atoms with Gasteiger partial charge >= 0.3 is 12.0 Å². The van der Waals surface area contributed by atoms with E-state index in [4.69, 9.17) is 10.8 Å². The highest BCUT2D eigenvalue weighted by Gasteiger charge is 2.33. The van der Waals surface area contributed by atoms with E-state index < -0.39 is 29.9 Å². The van der Waals surface area contributed by atoms with Crippen LogP contribution in [-0.4, -0.2) is 35.6 Å². The molecule has 20 heavy (non-hydrogen) atoms. The van der Waals surface area contributed by atoms with E-state index in [1.165, 1.54) is 0 Å². The molecule has 0 aromatic rings. The van der Waals surface area contributed by atoms with Gasteiger partial charge in [-0.2, -0.15) is 0 Å². The van der Waals surface area contributed by atoms with Crippen molar-refractivity contribution in [3.8, 4) is 0 Å². The van der Waals surface area contributed by atoms with E-state index in [9.17, 15) is 14.4 Å². The van der Waals surface area contributed by atoms with E-state index in [0.29, 0.717) is 13.0 Å². The summed E-state index contributed by atoms with van der Waals surface area (Å²) in [5.41, 5.74) is 5.21. The van der Waals surface area contributed by atoms with Crippen LogP contribution in [0, 0.1) is 17.8 Å². The zero-order chi connectivity index (χ0) is 15.3. The Hall–Kier alpha value is -1.79. The number of aliphatic carboxylic acids is 1. The van der Waals surface area contributed by atoms with Gasteiger partial charge in [0.2, 0.25) is 5.91 Å². The number of amides is 3. The highest BCUT2D eigenvalue weighted by molar-refractivity contribution is 5.86. The minimum Gasteiger partial charge on any atom is -0.481 e. The van der Waals surface area contributed by atoms with Crippen LogP contribution >= 0.6 is 0 Å². The first-order chi connectivity index (χ1) is 9.32. The summed E-state index contributed by atoms with van der Waals surface area (Å²) in [6.45, 7) is 3.87. The second kappa shape index (κ2) is 7.12. The molecule has 1 rings (SSSR count). The fourth-order valence-electron chi connectivity index (χ4n) is 2.59. The highest BCUT2D eigenvalue weighted by atomic mass is 16.4. The largest absolute Gasteiger partial charge is 0.481 e. The molecular weight excluding hydrogens is 262 g/mol.